The minimum absolute atomic E-state index is 0.316. The van der Waals surface area contributed by atoms with Crippen LogP contribution in [0.2, 0.25) is 0 Å². The van der Waals surface area contributed by atoms with Crippen molar-refractivity contribution in [3.05, 3.63) is 23.3 Å². The van der Waals surface area contributed by atoms with E-state index in [-0.39, 0.29) is 0 Å². The number of H-pyrrole nitrogens is 1. The summed E-state index contributed by atoms with van der Waals surface area (Å²) in [7, 11) is 0. The van der Waals surface area contributed by atoms with Crippen molar-refractivity contribution in [1.29, 1.82) is 0 Å². The van der Waals surface area contributed by atoms with E-state index in [1.165, 1.54) is 0 Å². The standard InChI is InChI=1S/C12H16N6/c1-7(2)12-15-9-3-4-13-5-8(9)11(16-12)10-6-14-18-17-10/h6-7,13H,3-5H2,1-2H3,(H,14,17,18). The van der Waals surface area contributed by atoms with Crippen LogP contribution in [0.15, 0.2) is 6.20 Å². The zero-order valence-corrected chi connectivity index (χ0v) is 10.6. The number of hydrogen-bond acceptors (Lipinski definition) is 5. The highest BCUT2D eigenvalue weighted by atomic mass is 15.3. The lowest BCUT2D eigenvalue weighted by Crippen LogP contribution is -2.26. The summed E-state index contributed by atoms with van der Waals surface area (Å²) in [5, 5.41) is 14.0. The zero-order valence-electron chi connectivity index (χ0n) is 10.6. The summed E-state index contributed by atoms with van der Waals surface area (Å²) >= 11 is 0. The number of nitrogens with zero attached hydrogens (tertiary/aromatic N) is 4. The highest BCUT2D eigenvalue weighted by molar-refractivity contribution is 5.59. The molecule has 0 atom stereocenters. The first-order valence-corrected chi connectivity index (χ1v) is 6.22. The molecule has 0 spiro atoms. The second kappa shape index (κ2) is 4.45. The highest BCUT2D eigenvalue weighted by Crippen LogP contribution is 2.25. The van der Waals surface area contributed by atoms with Crippen LogP contribution in [0.25, 0.3) is 11.4 Å². The van der Waals surface area contributed by atoms with Gasteiger partial charge in [-0.3, -0.25) is 0 Å². The molecule has 0 fully saturated rings. The fourth-order valence-electron chi connectivity index (χ4n) is 2.15. The summed E-state index contributed by atoms with van der Waals surface area (Å²) in [6.45, 7) is 5.99. The summed E-state index contributed by atoms with van der Waals surface area (Å²) in [5.41, 5.74) is 3.99. The molecular weight excluding hydrogens is 228 g/mol. The summed E-state index contributed by atoms with van der Waals surface area (Å²) < 4.78 is 0. The maximum atomic E-state index is 4.67. The first-order valence-electron chi connectivity index (χ1n) is 6.22. The Balaban J connectivity index is 2.18. The van der Waals surface area contributed by atoms with E-state index >= 15 is 0 Å². The van der Waals surface area contributed by atoms with Crippen molar-refractivity contribution >= 4 is 0 Å². The van der Waals surface area contributed by atoms with Crippen molar-refractivity contribution in [2.24, 2.45) is 0 Å². The number of rotatable bonds is 2. The molecule has 2 aromatic rings. The average molecular weight is 244 g/mol. The summed E-state index contributed by atoms with van der Waals surface area (Å²) in [5.74, 6) is 1.20. The van der Waals surface area contributed by atoms with Crippen LogP contribution in [-0.2, 0) is 13.0 Å². The molecule has 1 aliphatic rings. The van der Waals surface area contributed by atoms with Crippen molar-refractivity contribution in [1.82, 2.24) is 30.7 Å². The Kier molecular flexibility index (Phi) is 2.79. The molecule has 0 amide bonds. The number of aromatic nitrogens is 5. The van der Waals surface area contributed by atoms with Gasteiger partial charge < -0.3 is 5.32 Å². The molecule has 0 saturated carbocycles. The molecule has 6 nitrogen and oxygen atoms in total. The van der Waals surface area contributed by atoms with Gasteiger partial charge >= 0.3 is 0 Å². The summed E-state index contributed by atoms with van der Waals surface area (Å²) in [6, 6.07) is 0. The largest absolute Gasteiger partial charge is 0.312 e. The second-order valence-corrected chi connectivity index (χ2v) is 4.79. The van der Waals surface area contributed by atoms with E-state index in [0.29, 0.717) is 5.92 Å². The topological polar surface area (TPSA) is 79.4 Å². The van der Waals surface area contributed by atoms with Crippen molar-refractivity contribution in [3.8, 4) is 11.4 Å². The van der Waals surface area contributed by atoms with E-state index in [4.69, 9.17) is 0 Å². The van der Waals surface area contributed by atoms with Gasteiger partial charge in [-0.2, -0.15) is 15.4 Å². The van der Waals surface area contributed by atoms with Crippen LogP contribution in [0, 0.1) is 0 Å². The molecule has 94 valence electrons. The smallest absolute Gasteiger partial charge is 0.131 e. The number of fused-ring (bicyclic) bond motifs is 1. The van der Waals surface area contributed by atoms with Gasteiger partial charge in [0, 0.05) is 31.0 Å². The van der Waals surface area contributed by atoms with Crippen LogP contribution in [0.1, 0.15) is 36.8 Å². The lowest BCUT2D eigenvalue weighted by molar-refractivity contribution is 0.615. The Bertz CT molecular complexity index is 546. The number of hydrogen-bond donors (Lipinski definition) is 2. The first kappa shape index (κ1) is 11.3. The Labute approximate surface area is 105 Å². The van der Waals surface area contributed by atoms with Crippen LogP contribution < -0.4 is 5.32 Å². The molecule has 0 unspecified atom stereocenters. The molecule has 0 bridgehead atoms. The van der Waals surface area contributed by atoms with Crippen LogP contribution in [0.3, 0.4) is 0 Å². The lowest BCUT2D eigenvalue weighted by Gasteiger charge is -2.20. The lowest BCUT2D eigenvalue weighted by atomic mass is 10.0. The van der Waals surface area contributed by atoms with Gasteiger partial charge in [0.1, 0.15) is 17.2 Å². The van der Waals surface area contributed by atoms with Crippen molar-refractivity contribution < 1.29 is 0 Å². The third-order valence-corrected chi connectivity index (χ3v) is 3.12. The maximum Gasteiger partial charge on any atom is 0.131 e. The van der Waals surface area contributed by atoms with E-state index < -0.39 is 0 Å². The quantitative estimate of drug-likeness (QED) is 0.825. The minimum Gasteiger partial charge on any atom is -0.312 e. The molecule has 1 aliphatic heterocycles. The van der Waals surface area contributed by atoms with E-state index in [1.54, 1.807) is 6.20 Å². The molecule has 3 rings (SSSR count). The molecule has 0 saturated heterocycles. The number of nitrogens with one attached hydrogen (secondary N) is 2. The molecular formula is C12H16N6. The summed E-state index contributed by atoms with van der Waals surface area (Å²) in [4.78, 5) is 9.33. The average Bonchev–Trinajstić information content (AvgIpc) is 2.91. The van der Waals surface area contributed by atoms with Crippen LogP contribution >= 0.6 is 0 Å². The van der Waals surface area contributed by atoms with Gasteiger partial charge in [-0.25, -0.2) is 9.97 Å². The van der Waals surface area contributed by atoms with Crippen molar-refractivity contribution in [2.75, 3.05) is 6.54 Å². The molecule has 0 aliphatic carbocycles. The first-order chi connectivity index (χ1) is 8.75. The fourth-order valence-corrected chi connectivity index (χ4v) is 2.15. The van der Waals surface area contributed by atoms with Gasteiger partial charge in [0.25, 0.3) is 0 Å². The highest BCUT2D eigenvalue weighted by Gasteiger charge is 2.20. The SMILES string of the molecule is CC(C)c1nc2c(c(-c3cn[nH]n3)n1)CNCC2. The van der Waals surface area contributed by atoms with E-state index in [9.17, 15) is 0 Å². The molecule has 2 aromatic heterocycles. The van der Waals surface area contributed by atoms with Crippen molar-refractivity contribution in [3.63, 3.8) is 0 Å². The third kappa shape index (κ3) is 1.88. The van der Waals surface area contributed by atoms with Gasteiger partial charge in [-0.15, -0.1) is 0 Å². The molecule has 18 heavy (non-hydrogen) atoms. The normalized spacial score (nSPS) is 14.8. The Hall–Kier alpha value is -1.82. The van der Waals surface area contributed by atoms with Crippen LogP contribution in [-0.4, -0.2) is 31.9 Å². The fraction of sp³-hybridized carbons (Fsp3) is 0.500. The number of aromatic amines is 1. The Morgan fingerprint density at radius 1 is 1.28 bits per heavy atom. The Morgan fingerprint density at radius 3 is 2.89 bits per heavy atom. The van der Waals surface area contributed by atoms with E-state index in [1.807, 2.05) is 0 Å². The molecule has 0 radical (unpaired) electrons. The monoisotopic (exact) mass is 244 g/mol. The van der Waals surface area contributed by atoms with Gasteiger partial charge in [-0.05, 0) is 0 Å². The minimum atomic E-state index is 0.316. The summed E-state index contributed by atoms with van der Waals surface area (Å²) in [6.07, 6.45) is 2.66. The molecule has 3 heterocycles. The predicted octanol–water partition coefficient (Wildman–Crippen LogP) is 1.03. The van der Waals surface area contributed by atoms with Crippen LogP contribution in [0.4, 0.5) is 0 Å². The van der Waals surface area contributed by atoms with E-state index in [0.717, 1.165) is 48.0 Å². The van der Waals surface area contributed by atoms with Crippen molar-refractivity contribution in [2.45, 2.75) is 32.7 Å². The van der Waals surface area contributed by atoms with Gasteiger partial charge in [0.2, 0.25) is 0 Å². The molecule has 2 N–H and O–H groups in total. The van der Waals surface area contributed by atoms with Gasteiger partial charge in [0.15, 0.2) is 0 Å². The van der Waals surface area contributed by atoms with Crippen LogP contribution in [0.5, 0.6) is 0 Å². The molecule has 6 heteroatoms. The van der Waals surface area contributed by atoms with E-state index in [2.05, 4.69) is 44.5 Å². The maximum absolute atomic E-state index is 4.67. The van der Waals surface area contributed by atoms with Gasteiger partial charge in [0.05, 0.1) is 11.9 Å². The molecule has 0 aromatic carbocycles. The van der Waals surface area contributed by atoms with Gasteiger partial charge in [-0.1, -0.05) is 13.8 Å². The third-order valence-electron chi connectivity index (χ3n) is 3.12. The zero-order chi connectivity index (χ0) is 12.5. The Morgan fingerprint density at radius 2 is 2.17 bits per heavy atom. The predicted molar refractivity (Wildman–Crippen MR) is 66.9 cm³/mol. The second-order valence-electron chi connectivity index (χ2n) is 4.79.